The number of Topliss-reactive ketones (excluding diaryl/α,β-unsaturated/α-hetero) is 4. The zero-order valence-corrected chi connectivity index (χ0v) is 19.9. The molecule has 184 valence electrons. The van der Waals surface area contributed by atoms with Crippen LogP contribution in [-0.2, 0) is 9.59 Å². The SMILES string of the molecule is O=C(C(=O)c1ccccc1)c1ccccc1.O=C(C(=O)c1ccccc1)c1ccccc1.O=CCC=O. The second kappa shape index (κ2) is 15.7. The van der Waals surface area contributed by atoms with Gasteiger partial charge in [-0.2, -0.15) is 0 Å². The number of aldehydes is 2. The molecule has 4 rings (SSSR count). The lowest BCUT2D eigenvalue weighted by Gasteiger charge is -1.99. The van der Waals surface area contributed by atoms with Crippen LogP contribution in [0.4, 0.5) is 0 Å². The summed E-state index contributed by atoms with van der Waals surface area (Å²) >= 11 is 0. The van der Waals surface area contributed by atoms with Gasteiger partial charge in [0.15, 0.2) is 0 Å². The third-order valence-corrected chi connectivity index (χ3v) is 4.75. The smallest absolute Gasteiger partial charge is 0.233 e. The molecule has 0 aromatic heterocycles. The van der Waals surface area contributed by atoms with Crippen molar-refractivity contribution in [3.05, 3.63) is 144 Å². The summed E-state index contributed by atoms with van der Waals surface area (Å²) in [4.78, 5) is 65.5. The van der Waals surface area contributed by atoms with E-state index in [-0.39, 0.29) is 6.42 Å². The van der Waals surface area contributed by atoms with Gasteiger partial charge in [-0.05, 0) is 0 Å². The summed E-state index contributed by atoms with van der Waals surface area (Å²) in [6, 6.07) is 34.3. The number of benzene rings is 4. The lowest BCUT2D eigenvalue weighted by Crippen LogP contribution is -2.14. The molecule has 0 spiro atoms. The first-order valence-corrected chi connectivity index (χ1v) is 11.2. The van der Waals surface area contributed by atoms with Gasteiger partial charge in [0.2, 0.25) is 23.1 Å². The van der Waals surface area contributed by atoms with E-state index in [1.165, 1.54) is 0 Å². The summed E-state index contributed by atoms with van der Waals surface area (Å²) in [5.41, 5.74) is 1.71. The lowest BCUT2D eigenvalue weighted by atomic mass is 10.0. The van der Waals surface area contributed by atoms with Gasteiger partial charge in [0, 0.05) is 22.3 Å². The van der Waals surface area contributed by atoms with Gasteiger partial charge in [-0.1, -0.05) is 121 Å². The Hall–Kier alpha value is -5.10. The Morgan fingerprint density at radius 1 is 0.378 bits per heavy atom. The first-order valence-electron chi connectivity index (χ1n) is 11.2. The molecule has 0 saturated heterocycles. The average molecular weight is 493 g/mol. The molecule has 0 fully saturated rings. The van der Waals surface area contributed by atoms with Crippen LogP contribution in [0.3, 0.4) is 0 Å². The van der Waals surface area contributed by atoms with E-state index in [9.17, 15) is 28.8 Å². The minimum absolute atomic E-state index is 0.0278. The second-order valence-electron chi connectivity index (χ2n) is 7.35. The van der Waals surface area contributed by atoms with Gasteiger partial charge in [0.25, 0.3) is 0 Å². The van der Waals surface area contributed by atoms with E-state index in [0.29, 0.717) is 34.8 Å². The van der Waals surface area contributed by atoms with Crippen LogP contribution in [-0.4, -0.2) is 35.7 Å². The van der Waals surface area contributed by atoms with E-state index in [1.54, 1.807) is 97.1 Å². The van der Waals surface area contributed by atoms with E-state index in [4.69, 9.17) is 0 Å². The fourth-order valence-electron chi connectivity index (χ4n) is 2.92. The first-order chi connectivity index (χ1) is 18.0. The van der Waals surface area contributed by atoms with Gasteiger partial charge < -0.3 is 9.59 Å². The van der Waals surface area contributed by atoms with Crippen LogP contribution in [0.2, 0.25) is 0 Å². The van der Waals surface area contributed by atoms with Crippen LogP contribution in [0.25, 0.3) is 0 Å². The number of rotatable bonds is 8. The largest absolute Gasteiger partial charge is 0.303 e. The van der Waals surface area contributed by atoms with Crippen molar-refractivity contribution in [1.82, 2.24) is 0 Å². The maximum atomic E-state index is 11.8. The Kier molecular flexibility index (Phi) is 12.0. The van der Waals surface area contributed by atoms with Crippen molar-refractivity contribution in [3.8, 4) is 0 Å². The van der Waals surface area contributed by atoms with Crippen LogP contribution in [0.15, 0.2) is 121 Å². The number of hydrogen-bond acceptors (Lipinski definition) is 6. The number of carbonyl (C=O) groups excluding carboxylic acids is 6. The highest BCUT2D eigenvalue weighted by atomic mass is 16.2. The normalized spacial score (nSPS) is 9.30. The third-order valence-electron chi connectivity index (χ3n) is 4.75. The monoisotopic (exact) mass is 492 g/mol. The van der Waals surface area contributed by atoms with Crippen molar-refractivity contribution in [2.24, 2.45) is 0 Å². The van der Waals surface area contributed by atoms with Gasteiger partial charge in [0.1, 0.15) is 12.6 Å². The zero-order valence-electron chi connectivity index (χ0n) is 19.9. The fourth-order valence-corrected chi connectivity index (χ4v) is 2.92. The summed E-state index contributed by atoms with van der Waals surface area (Å²) in [5, 5.41) is 0. The molecule has 37 heavy (non-hydrogen) atoms. The van der Waals surface area contributed by atoms with Gasteiger partial charge >= 0.3 is 0 Å². The van der Waals surface area contributed by atoms with Crippen molar-refractivity contribution in [1.29, 1.82) is 0 Å². The summed E-state index contributed by atoms with van der Waals surface area (Å²) in [7, 11) is 0. The first kappa shape index (κ1) is 28.1. The van der Waals surface area contributed by atoms with E-state index >= 15 is 0 Å². The lowest BCUT2D eigenvalue weighted by molar-refractivity contribution is -0.114. The molecule has 0 aliphatic carbocycles. The van der Waals surface area contributed by atoms with E-state index in [1.807, 2.05) is 24.3 Å². The molecule has 0 aliphatic heterocycles. The highest BCUT2D eigenvalue weighted by Crippen LogP contribution is 2.08. The molecule has 4 aromatic rings. The van der Waals surface area contributed by atoms with Crippen LogP contribution >= 0.6 is 0 Å². The number of ketones is 4. The van der Waals surface area contributed by atoms with Crippen LogP contribution in [0.1, 0.15) is 47.9 Å². The highest BCUT2D eigenvalue weighted by Gasteiger charge is 2.18. The van der Waals surface area contributed by atoms with Crippen molar-refractivity contribution in [2.75, 3.05) is 0 Å². The maximum Gasteiger partial charge on any atom is 0.233 e. The molecule has 0 radical (unpaired) electrons. The molecule has 6 nitrogen and oxygen atoms in total. The standard InChI is InChI=1S/2C14H10O2.C3H4O2/c2*15-13(11-7-3-1-4-8-11)14(16)12-9-5-2-6-10-12;4-2-1-3-5/h2*1-10H;2-3H,1H2. The molecule has 0 bridgehead atoms. The number of carbonyl (C=O) groups is 6. The molecular weight excluding hydrogens is 468 g/mol. The summed E-state index contributed by atoms with van der Waals surface area (Å²) in [6.07, 6.45) is 1.15. The number of hydrogen-bond donors (Lipinski definition) is 0. The predicted molar refractivity (Wildman–Crippen MR) is 140 cm³/mol. The topological polar surface area (TPSA) is 102 Å². The molecule has 0 aliphatic rings. The molecule has 6 heteroatoms. The molecule has 0 amide bonds. The average Bonchev–Trinajstić information content (AvgIpc) is 2.98. The Bertz CT molecular complexity index is 1110. The Balaban J connectivity index is 0.000000221. The molecule has 0 unspecified atom stereocenters. The quantitative estimate of drug-likeness (QED) is 0.144. The maximum absolute atomic E-state index is 11.8. The minimum atomic E-state index is -0.466. The van der Waals surface area contributed by atoms with Crippen molar-refractivity contribution in [3.63, 3.8) is 0 Å². The predicted octanol–water partition coefficient (Wildman–Crippen LogP) is 5.28. The van der Waals surface area contributed by atoms with Crippen LogP contribution in [0, 0.1) is 0 Å². The molecule has 0 heterocycles. The summed E-state index contributed by atoms with van der Waals surface area (Å²) in [5.74, 6) is -1.86. The van der Waals surface area contributed by atoms with Crippen molar-refractivity contribution in [2.45, 2.75) is 6.42 Å². The van der Waals surface area contributed by atoms with E-state index in [0.717, 1.165) is 0 Å². The van der Waals surface area contributed by atoms with Gasteiger partial charge in [-0.25, -0.2) is 0 Å². The van der Waals surface area contributed by atoms with E-state index < -0.39 is 23.1 Å². The Morgan fingerprint density at radius 3 is 0.703 bits per heavy atom. The van der Waals surface area contributed by atoms with Gasteiger partial charge in [-0.15, -0.1) is 0 Å². The van der Waals surface area contributed by atoms with Gasteiger partial charge in [0.05, 0.1) is 6.42 Å². The third kappa shape index (κ3) is 9.22. The van der Waals surface area contributed by atoms with Crippen molar-refractivity contribution < 1.29 is 28.8 Å². The summed E-state index contributed by atoms with van der Waals surface area (Å²) in [6.45, 7) is 0. The van der Waals surface area contributed by atoms with Crippen molar-refractivity contribution >= 4 is 35.7 Å². The second-order valence-corrected chi connectivity index (χ2v) is 7.35. The van der Waals surface area contributed by atoms with Gasteiger partial charge in [-0.3, -0.25) is 19.2 Å². The molecule has 4 aromatic carbocycles. The molecule has 0 saturated carbocycles. The molecule has 0 atom stereocenters. The van der Waals surface area contributed by atoms with E-state index in [2.05, 4.69) is 0 Å². The highest BCUT2D eigenvalue weighted by molar-refractivity contribution is 6.49. The summed E-state index contributed by atoms with van der Waals surface area (Å²) < 4.78 is 0. The molecule has 0 N–H and O–H groups in total. The van der Waals surface area contributed by atoms with Crippen LogP contribution < -0.4 is 0 Å². The van der Waals surface area contributed by atoms with Crippen LogP contribution in [0.5, 0.6) is 0 Å². The fraction of sp³-hybridized carbons (Fsp3) is 0.0323. The Labute approximate surface area is 214 Å². The molecular formula is C31H24O6. The minimum Gasteiger partial charge on any atom is -0.303 e. The Morgan fingerprint density at radius 2 is 0.568 bits per heavy atom. The zero-order chi connectivity index (χ0) is 26.9.